The maximum absolute atomic E-state index is 12.9. The summed E-state index contributed by atoms with van der Waals surface area (Å²) in [6.07, 6.45) is 1.60. The first-order chi connectivity index (χ1) is 15.5. The van der Waals surface area contributed by atoms with E-state index in [-0.39, 0.29) is 12.2 Å². The number of ether oxygens (including phenoxy) is 1. The van der Waals surface area contributed by atoms with Crippen molar-refractivity contribution in [2.75, 3.05) is 0 Å². The normalized spacial score (nSPS) is 11.1. The average Bonchev–Trinajstić information content (AvgIpc) is 2.79. The number of aryl methyl sites for hydroxylation is 1. The molecule has 0 saturated heterocycles. The molecule has 4 rings (SSSR count). The minimum absolute atomic E-state index is 0.236. The molecule has 0 aliphatic rings. The van der Waals surface area contributed by atoms with Crippen molar-refractivity contribution in [1.29, 1.82) is 5.26 Å². The zero-order chi connectivity index (χ0) is 22.7. The Labute approximate surface area is 201 Å². The fourth-order valence-electron chi connectivity index (χ4n) is 3.15. The van der Waals surface area contributed by atoms with Gasteiger partial charge in [0.05, 0.1) is 33.2 Å². The van der Waals surface area contributed by atoms with Crippen LogP contribution in [0.5, 0.6) is 5.75 Å². The van der Waals surface area contributed by atoms with E-state index >= 15 is 0 Å². The molecule has 6 nitrogen and oxygen atoms in total. The topological polar surface area (TPSA) is 80.3 Å². The van der Waals surface area contributed by atoms with Gasteiger partial charge in [0, 0.05) is 10.0 Å². The summed E-state index contributed by atoms with van der Waals surface area (Å²) in [5, 5.41) is 14.0. The summed E-state index contributed by atoms with van der Waals surface area (Å²) >= 11 is 6.90. The van der Waals surface area contributed by atoms with Gasteiger partial charge in [-0.05, 0) is 70.9 Å². The Kier molecular flexibility index (Phi) is 6.49. The van der Waals surface area contributed by atoms with Crippen LogP contribution in [0.2, 0.25) is 0 Å². The molecule has 0 unspecified atom stereocenters. The van der Waals surface area contributed by atoms with Gasteiger partial charge in [-0.15, -0.1) is 0 Å². The predicted molar refractivity (Wildman–Crippen MR) is 131 cm³/mol. The van der Waals surface area contributed by atoms with Crippen LogP contribution in [0.15, 0.2) is 79.5 Å². The number of rotatable bonds is 5. The highest BCUT2D eigenvalue weighted by Gasteiger charge is 2.09. The van der Waals surface area contributed by atoms with E-state index in [0.717, 1.165) is 20.1 Å². The first kappa shape index (κ1) is 21.9. The lowest BCUT2D eigenvalue weighted by atomic mass is 10.1. The zero-order valence-electron chi connectivity index (χ0n) is 16.9. The smallest absolute Gasteiger partial charge is 0.282 e. The number of hydrogen-bond acceptors (Lipinski definition) is 5. The van der Waals surface area contributed by atoms with Crippen molar-refractivity contribution in [2.24, 2.45) is 5.10 Å². The van der Waals surface area contributed by atoms with E-state index in [1.54, 1.807) is 31.3 Å². The monoisotopic (exact) mass is 550 g/mol. The summed E-state index contributed by atoms with van der Waals surface area (Å²) in [5.41, 5.74) is 2.58. The molecule has 0 aliphatic carbocycles. The van der Waals surface area contributed by atoms with Gasteiger partial charge in [-0.3, -0.25) is 4.79 Å². The minimum Gasteiger partial charge on any atom is -0.488 e. The molecular weight excluding hydrogens is 536 g/mol. The van der Waals surface area contributed by atoms with E-state index in [0.29, 0.717) is 28.0 Å². The molecule has 8 heteroatoms. The first-order valence-corrected chi connectivity index (χ1v) is 11.2. The van der Waals surface area contributed by atoms with E-state index in [1.165, 1.54) is 4.68 Å². The van der Waals surface area contributed by atoms with Crippen LogP contribution in [0.3, 0.4) is 0 Å². The van der Waals surface area contributed by atoms with Crippen LogP contribution in [-0.4, -0.2) is 15.9 Å². The molecule has 0 saturated carbocycles. The van der Waals surface area contributed by atoms with Gasteiger partial charge in [-0.25, -0.2) is 4.98 Å². The molecule has 158 valence electrons. The van der Waals surface area contributed by atoms with Gasteiger partial charge in [-0.2, -0.15) is 15.0 Å². The first-order valence-electron chi connectivity index (χ1n) is 9.60. The molecule has 3 aromatic carbocycles. The van der Waals surface area contributed by atoms with Crippen LogP contribution < -0.4 is 10.3 Å². The van der Waals surface area contributed by atoms with Crippen molar-refractivity contribution < 1.29 is 4.74 Å². The quantitative estimate of drug-likeness (QED) is 0.304. The lowest BCUT2D eigenvalue weighted by Gasteiger charge is -2.10. The van der Waals surface area contributed by atoms with Gasteiger partial charge in [0.1, 0.15) is 18.2 Å². The Morgan fingerprint density at radius 3 is 2.75 bits per heavy atom. The second kappa shape index (κ2) is 9.47. The van der Waals surface area contributed by atoms with E-state index in [2.05, 4.69) is 48.0 Å². The van der Waals surface area contributed by atoms with Crippen molar-refractivity contribution >= 4 is 49.0 Å². The summed E-state index contributed by atoms with van der Waals surface area (Å²) in [6, 6.07) is 20.4. The number of nitrogens with zero attached hydrogens (tertiary/aromatic N) is 4. The van der Waals surface area contributed by atoms with E-state index in [9.17, 15) is 10.1 Å². The van der Waals surface area contributed by atoms with E-state index in [4.69, 9.17) is 4.74 Å². The third-order valence-electron chi connectivity index (χ3n) is 4.77. The predicted octanol–water partition coefficient (Wildman–Crippen LogP) is 5.56. The highest BCUT2D eigenvalue weighted by molar-refractivity contribution is 9.10. The standard InChI is InChI=1S/C24H16Br2N4O2/c1-15-29-22-8-7-19(25)11-20(22)24(31)30(15)28-13-16-6-9-23(21(26)10-16)32-14-18-5-3-2-4-17(18)12-27/h2-11,13H,14H2,1H3. The van der Waals surface area contributed by atoms with Gasteiger partial charge in [-0.1, -0.05) is 34.1 Å². The highest BCUT2D eigenvalue weighted by atomic mass is 79.9. The van der Waals surface area contributed by atoms with Crippen LogP contribution in [0.25, 0.3) is 10.9 Å². The number of halogens is 2. The van der Waals surface area contributed by atoms with Gasteiger partial charge >= 0.3 is 0 Å². The molecule has 0 radical (unpaired) electrons. The molecule has 1 aromatic heterocycles. The van der Waals surface area contributed by atoms with Crippen LogP contribution >= 0.6 is 31.9 Å². The molecule has 0 N–H and O–H groups in total. The third-order valence-corrected chi connectivity index (χ3v) is 5.88. The average molecular weight is 552 g/mol. The molecule has 0 bridgehead atoms. The van der Waals surface area contributed by atoms with Crippen molar-refractivity contribution in [3.63, 3.8) is 0 Å². The Morgan fingerprint density at radius 2 is 1.97 bits per heavy atom. The third kappa shape index (κ3) is 4.64. The summed E-state index contributed by atoms with van der Waals surface area (Å²) in [6.45, 7) is 2.02. The second-order valence-electron chi connectivity index (χ2n) is 6.93. The highest BCUT2D eigenvalue weighted by Crippen LogP contribution is 2.27. The van der Waals surface area contributed by atoms with Crippen molar-refractivity contribution in [3.8, 4) is 11.8 Å². The molecule has 0 spiro atoms. The largest absolute Gasteiger partial charge is 0.488 e. The summed E-state index contributed by atoms with van der Waals surface area (Å²) in [7, 11) is 0. The van der Waals surface area contributed by atoms with Crippen molar-refractivity contribution in [1.82, 2.24) is 9.66 Å². The second-order valence-corrected chi connectivity index (χ2v) is 8.70. The molecule has 0 fully saturated rings. The van der Waals surface area contributed by atoms with Gasteiger partial charge < -0.3 is 4.74 Å². The minimum atomic E-state index is -0.236. The van der Waals surface area contributed by atoms with Gasteiger partial charge in [0.15, 0.2) is 0 Å². The van der Waals surface area contributed by atoms with Crippen LogP contribution in [0.1, 0.15) is 22.5 Å². The maximum atomic E-state index is 12.9. The van der Waals surface area contributed by atoms with Crippen molar-refractivity contribution in [3.05, 3.63) is 102 Å². The number of benzene rings is 3. The lowest BCUT2D eigenvalue weighted by molar-refractivity contribution is 0.304. The number of fused-ring (bicyclic) bond motifs is 1. The zero-order valence-corrected chi connectivity index (χ0v) is 20.1. The Morgan fingerprint density at radius 1 is 1.16 bits per heavy atom. The van der Waals surface area contributed by atoms with Gasteiger partial charge in [0.25, 0.3) is 5.56 Å². The van der Waals surface area contributed by atoms with Crippen LogP contribution in [0, 0.1) is 18.3 Å². The Hall–Kier alpha value is -3.28. The number of hydrogen-bond donors (Lipinski definition) is 0. The molecule has 0 atom stereocenters. The van der Waals surface area contributed by atoms with E-state index in [1.807, 2.05) is 42.5 Å². The van der Waals surface area contributed by atoms with Crippen LogP contribution in [0.4, 0.5) is 0 Å². The molecular formula is C24H16Br2N4O2. The molecule has 0 aliphatic heterocycles. The lowest BCUT2D eigenvalue weighted by Crippen LogP contribution is -2.20. The maximum Gasteiger partial charge on any atom is 0.282 e. The molecule has 1 heterocycles. The SMILES string of the molecule is Cc1nc2ccc(Br)cc2c(=O)n1N=Cc1ccc(OCc2ccccc2C#N)c(Br)c1. The summed E-state index contributed by atoms with van der Waals surface area (Å²) in [4.78, 5) is 17.3. The fourth-order valence-corrected chi connectivity index (χ4v) is 4.02. The summed E-state index contributed by atoms with van der Waals surface area (Å²) < 4.78 is 8.69. The molecule has 32 heavy (non-hydrogen) atoms. The number of aromatic nitrogens is 2. The molecule has 4 aromatic rings. The number of nitriles is 1. The summed E-state index contributed by atoms with van der Waals surface area (Å²) in [5.74, 6) is 1.14. The molecule has 0 amide bonds. The fraction of sp³-hybridized carbons (Fsp3) is 0.0833. The Bertz CT molecular complexity index is 1460. The van der Waals surface area contributed by atoms with Crippen molar-refractivity contribution in [2.45, 2.75) is 13.5 Å². The van der Waals surface area contributed by atoms with Crippen LogP contribution in [-0.2, 0) is 6.61 Å². The van der Waals surface area contributed by atoms with Gasteiger partial charge in [0.2, 0.25) is 0 Å². The Balaban J connectivity index is 1.56. The van der Waals surface area contributed by atoms with E-state index < -0.39 is 0 Å².